The monoisotopic (exact) mass is 390 g/mol. The van der Waals surface area contributed by atoms with Gasteiger partial charge in [-0.1, -0.05) is 31.2 Å². The fraction of sp³-hybridized carbons (Fsp3) is 0.550. The van der Waals surface area contributed by atoms with Crippen molar-refractivity contribution in [1.82, 2.24) is 9.62 Å². The summed E-state index contributed by atoms with van der Waals surface area (Å²) in [6.45, 7) is 0.189. The predicted molar refractivity (Wildman–Crippen MR) is 102 cm³/mol. The first-order valence-electron chi connectivity index (χ1n) is 9.44. The number of amides is 1. The Balaban J connectivity index is 1.82. The van der Waals surface area contributed by atoms with Crippen molar-refractivity contribution in [3.05, 3.63) is 29.8 Å². The zero-order chi connectivity index (χ0) is 19.4. The molecule has 2 N–H and O–H groups in total. The third kappa shape index (κ3) is 4.52. The Morgan fingerprint density at radius 2 is 2.04 bits per heavy atom. The highest BCUT2D eigenvalue weighted by atomic mass is 32.2. The number of likely N-dealkylation sites (tertiary alicyclic amines) is 1. The molecular formula is C20H26N2O4S. The SMILES string of the molecule is C#CCNS(=O)(=O)c1cccc(C(=O)N2C[C@@H](O)C[C@@H]2C2CCCCC2)c1. The molecule has 0 radical (unpaired) electrons. The Labute approximate surface area is 161 Å². The Kier molecular flexibility index (Phi) is 6.20. The number of hydrogen-bond acceptors (Lipinski definition) is 4. The lowest BCUT2D eigenvalue weighted by atomic mass is 9.82. The first-order valence-corrected chi connectivity index (χ1v) is 10.9. The number of rotatable bonds is 5. The number of β-amino-alcohol motifs (C(OH)–C–C–N with tert-alkyl or cyclic N) is 1. The van der Waals surface area contributed by atoms with Crippen LogP contribution in [0.3, 0.4) is 0 Å². The average Bonchev–Trinajstić information content (AvgIpc) is 3.08. The van der Waals surface area contributed by atoms with Gasteiger partial charge < -0.3 is 10.0 Å². The second kappa shape index (κ2) is 8.42. The second-order valence-corrected chi connectivity index (χ2v) is 9.14. The number of carbonyl (C=O) groups excluding carboxylic acids is 1. The largest absolute Gasteiger partial charge is 0.391 e. The highest BCUT2D eigenvalue weighted by molar-refractivity contribution is 7.89. The van der Waals surface area contributed by atoms with E-state index in [4.69, 9.17) is 6.42 Å². The fourth-order valence-electron chi connectivity index (χ4n) is 4.22. The van der Waals surface area contributed by atoms with E-state index < -0.39 is 16.1 Å². The predicted octanol–water partition coefficient (Wildman–Crippen LogP) is 1.75. The lowest BCUT2D eigenvalue weighted by Gasteiger charge is -2.34. The maximum atomic E-state index is 13.1. The molecule has 7 heteroatoms. The zero-order valence-electron chi connectivity index (χ0n) is 15.3. The van der Waals surface area contributed by atoms with Crippen LogP contribution in [0.2, 0.25) is 0 Å². The van der Waals surface area contributed by atoms with Gasteiger partial charge in [-0.05, 0) is 43.4 Å². The van der Waals surface area contributed by atoms with Crippen molar-refractivity contribution in [1.29, 1.82) is 0 Å². The standard InChI is InChI=1S/C20H26N2O4S/c1-2-11-21-27(25,26)18-10-6-9-16(12-18)20(24)22-14-17(23)13-19(22)15-7-4-3-5-8-15/h1,6,9-10,12,15,17,19,21,23H,3-5,7-8,11,13-14H2/t17-,19+/m0/s1. The Bertz CT molecular complexity index is 825. The summed E-state index contributed by atoms with van der Waals surface area (Å²) in [5, 5.41) is 10.2. The van der Waals surface area contributed by atoms with Crippen LogP contribution in [0.25, 0.3) is 0 Å². The molecule has 1 aliphatic carbocycles. The molecule has 3 rings (SSSR count). The van der Waals surface area contributed by atoms with Gasteiger partial charge in [0.15, 0.2) is 0 Å². The van der Waals surface area contributed by atoms with E-state index in [9.17, 15) is 18.3 Å². The molecule has 1 saturated carbocycles. The summed E-state index contributed by atoms with van der Waals surface area (Å²) in [6.07, 6.45) is 10.9. The molecule has 1 aromatic rings. The summed E-state index contributed by atoms with van der Waals surface area (Å²) >= 11 is 0. The Morgan fingerprint density at radius 1 is 1.30 bits per heavy atom. The molecule has 1 amide bonds. The Morgan fingerprint density at radius 3 is 2.74 bits per heavy atom. The van der Waals surface area contributed by atoms with Gasteiger partial charge in [-0.3, -0.25) is 4.79 Å². The molecule has 2 aliphatic rings. The molecule has 6 nitrogen and oxygen atoms in total. The summed E-state index contributed by atoms with van der Waals surface area (Å²) in [5.74, 6) is 2.41. The smallest absolute Gasteiger partial charge is 0.254 e. The lowest BCUT2D eigenvalue weighted by molar-refractivity contribution is 0.0650. The van der Waals surface area contributed by atoms with Gasteiger partial charge in [0.05, 0.1) is 17.5 Å². The van der Waals surface area contributed by atoms with Crippen LogP contribution in [0, 0.1) is 18.3 Å². The molecule has 1 aromatic carbocycles. The molecule has 27 heavy (non-hydrogen) atoms. The van der Waals surface area contributed by atoms with Gasteiger partial charge in [0.1, 0.15) is 0 Å². The number of sulfonamides is 1. The van der Waals surface area contributed by atoms with Gasteiger partial charge in [-0.25, -0.2) is 8.42 Å². The van der Waals surface area contributed by atoms with Crippen molar-refractivity contribution < 1.29 is 18.3 Å². The molecule has 146 valence electrons. The summed E-state index contributed by atoms with van der Waals surface area (Å²) in [6, 6.07) is 6.01. The van der Waals surface area contributed by atoms with Crippen molar-refractivity contribution in [2.75, 3.05) is 13.1 Å². The topological polar surface area (TPSA) is 86.7 Å². The van der Waals surface area contributed by atoms with E-state index in [1.54, 1.807) is 17.0 Å². The van der Waals surface area contributed by atoms with Gasteiger partial charge in [0, 0.05) is 18.2 Å². The van der Waals surface area contributed by atoms with E-state index in [0.29, 0.717) is 24.4 Å². The van der Waals surface area contributed by atoms with Crippen molar-refractivity contribution in [3.8, 4) is 12.3 Å². The fourth-order valence-corrected chi connectivity index (χ4v) is 5.20. The molecule has 2 fully saturated rings. The normalized spacial score (nSPS) is 23.9. The van der Waals surface area contributed by atoms with Crippen LogP contribution in [0.4, 0.5) is 0 Å². The second-order valence-electron chi connectivity index (χ2n) is 7.37. The van der Waals surface area contributed by atoms with E-state index in [2.05, 4.69) is 10.6 Å². The Hall–Kier alpha value is -1.88. The van der Waals surface area contributed by atoms with Gasteiger partial charge in [0.2, 0.25) is 10.0 Å². The molecule has 0 aromatic heterocycles. The van der Waals surface area contributed by atoms with E-state index in [0.717, 1.165) is 25.7 Å². The first-order chi connectivity index (χ1) is 12.9. The molecule has 0 spiro atoms. The van der Waals surface area contributed by atoms with Crippen LogP contribution in [0.15, 0.2) is 29.2 Å². The number of terminal acetylenes is 1. The number of carbonyl (C=O) groups is 1. The number of benzene rings is 1. The van der Waals surface area contributed by atoms with Crippen LogP contribution in [0.5, 0.6) is 0 Å². The number of nitrogens with one attached hydrogen (secondary N) is 1. The minimum absolute atomic E-state index is 0.0116. The summed E-state index contributed by atoms with van der Waals surface area (Å²) in [4.78, 5) is 14.9. The zero-order valence-corrected chi connectivity index (χ0v) is 16.1. The van der Waals surface area contributed by atoms with Gasteiger partial charge in [0.25, 0.3) is 5.91 Å². The van der Waals surface area contributed by atoms with E-state index in [-0.39, 0.29) is 23.4 Å². The number of hydrogen-bond donors (Lipinski definition) is 2. The van der Waals surface area contributed by atoms with Crippen LogP contribution in [-0.2, 0) is 10.0 Å². The summed E-state index contributed by atoms with van der Waals surface area (Å²) in [5.41, 5.74) is 0.313. The van der Waals surface area contributed by atoms with Crippen LogP contribution in [-0.4, -0.2) is 49.6 Å². The highest BCUT2D eigenvalue weighted by Crippen LogP contribution is 2.35. The first kappa shape index (κ1) is 19.9. The minimum atomic E-state index is -3.76. The molecule has 1 heterocycles. The van der Waals surface area contributed by atoms with Crippen LogP contribution >= 0.6 is 0 Å². The molecule has 1 saturated heterocycles. The maximum absolute atomic E-state index is 13.1. The van der Waals surface area contributed by atoms with Gasteiger partial charge in [-0.2, -0.15) is 4.72 Å². The molecule has 1 aliphatic heterocycles. The summed E-state index contributed by atoms with van der Waals surface area (Å²) < 4.78 is 26.9. The van der Waals surface area contributed by atoms with Crippen molar-refractivity contribution in [2.24, 2.45) is 5.92 Å². The summed E-state index contributed by atoms with van der Waals surface area (Å²) in [7, 11) is -3.76. The maximum Gasteiger partial charge on any atom is 0.254 e. The van der Waals surface area contributed by atoms with Crippen molar-refractivity contribution in [2.45, 2.75) is 55.6 Å². The number of aliphatic hydroxyl groups excluding tert-OH is 1. The minimum Gasteiger partial charge on any atom is -0.391 e. The van der Waals surface area contributed by atoms with E-state index in [1.165, 1.54) is 18.6 Å². The molecular weight excluding hydrogens is 364 g/mol. The van der Waals surface area contributed by atoms with Crippen LogP contribution < -0.4 is 4.72 Å². The molecule has 0 unspecified atom stereocenters. The van der Waals surface area contributed by atoms with Crippen LogP contribution in [0.1, 0.15) is 48.9 Å². The lowest BCUT2D eigenvalue weighted by Crippen LogP contribution is -2.41. The van der Waals surface area contributed by atoms with E-state index >= 15 is 0 Å². The van der Waals surface area contributed by atoms with Gasteiger partial charge in [-0.15, -0.1) is 6.42 Å². The van der Waals surface area contributed by atoms with Crippen molar-refractivity contribution in [3.63, 3.8) is 0 Å². The van der Waals surface area contributed by atoms with E-state index in [1.807, 2.05) is 0 Å². The quantitative estimate of drug-likeness (QED) is 0.750. The number of nitrogens with zero attached hydrogens (tertiary/aromatic N) is 1. The third-order valence-electron chi connectivity index (χ3n) is 5.53. The van der Waals surface area contributed by atoms with Gasteiger partial charge >= 0.3 is 0 Å². The third-order valence-corrected chi connectivity index (χ3v) is 6.93. The molecule has 2 atom stereocenters. The van der Waals surface area contributed by atoms with Crippen molar-refractivity contribution >= 4 is 15.9 Å². The number of aliphatic hydroxyl groups is 1. The average molecular weight is 391 g/mol. The highest BCUT2D eigenvalue weighted by Gasteiger charge is 2.39. The molecule has 0 bridgehead atoms.